The van der Waals surface area contributed by atoms with Gasteiger partial charge in [0.05, 0.1) is 19.6 Å². The van der Waals surface area contributed by atoms with Crippen LogP contribution in [0.5, 0.6) is 11.5 Å². The molecular formula is C22H28N2O4. The molecule has 150 valence electrons. The molecule has 2 heterocycles. The molecule has 2 unspecified atom stereocenters. The molecule has 2 atom stereocenters. The summed E-state index contributed by atoms with van der Waals surface area (Å²) in [6.45, 7) is 3.91. The first-order valence-electron chi connectivity index (χ1n) is 9.79. The van der Waals surface area contributed by atoms with Gasteiger partial charge in [0.15, 0.2) is 11.5 Å². The molecule has 1 aromatic carbocycles. The fraction of sp³-hybridized carbons (Fsp3) is 0.455. The van der Waals surface area contributed by atoms with E-state index < -0.39 is 5.97 Å². The van der Waals surface area contributed by atoms with Crippen LogP contribution in [0.25, 0.3) is 0 Å². The Hall–Kier alpha value is -2.60. The number of aromatic nitrogens is 1. The van der Waals surface area contributed by atoms with Crippen LogP contribution in [0.2, 0.25) is 0 Å². The average Bonchev–Trinajstić information content (AvgIpc) is 2.73. The van der Waals surface area contributed by atoms with Crippen LogP contribution < -0.4 is 9.47 Å². The Morgan fingerprint density at radius 2 is 2.18 bits per heavy atom. The van der Waals surface area contributed by atoms with Crippen molar-refractivity contribution >= 4 is 5.97 Å². The maximum absolute atomic E-state index is 11.6. The standard InChI is InChI=1S/C22H28N2O4/c1-3-28-21-13-16(9-10-20(21)27-2)19(14-18-8-4-5-11-23-18)24-12-6-7-17(15-24)22(25)26/h4-5,8-11,13,17,19H,3,6-7,12,14-15H2,1-2H3,(H,25,26). The average molecular weight is 384 g/mol. The van der Waals surface area contributed by atoms with Gasteiger partial charge in [-0.1, -0.05) is 12.1 Å². The molecule has 0 bridgehead atoms. The molecule has 0 aliphatic carbocycles. The Balaban J connectivity index is 1.93. The van der Waals surface area contributed by atoms with Gasteiger partial charge in [0.1, 0.15) is 0 Å². The van der Waals surface area contributed by atoms with Crippen LogP contribution in [-0.4, -0.2) is 47.8 Å². The zero-order chi connectivity index (χ0) is 19.9. The van der Waals surface area contributed by atoms with Crippen molar-refractivity contribution in [3.63, 3.8) is 0 Å². The van der Waals surface area contributed by atoms with Gasteiger partial charge in [0.25, 0.3) is 0 Å². The van der Waals surface area contributed by atoms with E-state index in [0.717, 1.165) is 30.6 Å². The summed E-state index contributed by atoms with van der Waals surface area (Å²) in [5.74, 6) is 0.361. The van der Waals surface area contributed by atoms with Gasteiger partial charge < -0.3 is 14.6 Å². The maximum Gasteiger partial charge on any atom is 0.307 e. The molecule has 0 radical (unpaired) electrons. The van der Waals surface area contributed by atoms with Crippen molar-refractivity contribution in [2.24, 2.45) is 5.92 Å². The van der Waals surface area contributed by atoms with Gasteiger partial charge in [-0.15, -0.1) is 0 Å². The van der Waals surface area contributed by atoms with Crippen LogP contribution in [0.3, 0.4) is 0 Å². The van der Waals surface area contributed by atoms with Crippen molar-refractivity contribution in [3.05, 3.63) is 53.9 Å². The van der Waals surface area contributed by atoms with Gasteiger partial charge in [-0.3, -0.25) is 14.7 Å². The van der Waals surface area contributed by atoms with Crippen molar-refractivity contribution in [2.75, 3.05) is 26.8 Å². The largest absolute Gasteiger partial charge is 0.493 e. The summed E-state index contributed by atoms with van der Waals surface area (Å²) in [4.78, 5) is 18.3. The monoisotopic (exact) mass is 384 g/mol. The molecule has 0 saturated carbocycles. The lowest BCUT2D eigenvalue weighted by Crippen LogP contribution is -2.41. The number of aliphatic carboxylic acids is 1. The number of piperidine rings is 1. The Kier molecular flexibility index (Phi) is 6.87. The molecule has 1 aromatic heterocycles. The number of benzene rings is 1. The minimum atomic E-state index is -0.717. The Bertz CT molecular complexity index is 781. The molecule has 2 aromatic rings. The maximum atomic E-state index is 11.6. The number of rotatable bonds is 8. The van der Waals surface area contributed by atoms with E-state index in [1.165, 1.54) is 0 Å². The fourth-order valence-corrected chi connectivity index (χ4v) is 3.83. The lowest BCUT2D eigenvalue weighted by molar-refractivity contribution is -0.144. The van der Waals surface area contributed by atoms with Crippen LogP contribution in [0, 0.1) is 5.92 Å². The summed E-state index contributed by atoms with van der Waals surface area (Å²) in [6.07, 6.45) is 4.12. The zero-order valence-corrected chi connectivity index (χ0v) is 16.5. The summed E-state index contributed by atoms with van der Waals surface area (Å²) < 4.78 is 11.2. The molecule has 1 fully saturated rings. The van der Waals surface area contributed by atoms with E-state index in [2.05, 4.69) is 9.88 Å². The van der Waals surface area contributed by atoms with E-state index in [1.807, 2.05) is 43.3 Å². The summed E-state index contributed by atoms with van der Waals surface area (Å²) >= 11 is 0. The highest BCUT2D eigenvalue weighted by atomic mass is 16.5. The van der Waals surface area contributed by atoms with E-state index >= 15 is 0 Å². The normalized spacial score (nSPS) is 18.4. The number of likely N-dealkylation sites (tertiary alicyclic amines) is 1. The molecule has 1 aliphatic heterocycles. The number of carbonyl (C=O) groups is 1. The van der Waals surface area contributed by atoms with Gasteiger partial charge in [-0.05, 0) is 56.1 Å². The van der Waals surface area contributed by atoms with Gasteiger partial charge in [0.2, 0.25) is 0 Å². The van der Waals surface area contributed by atoms with Crippen LogP contribution in [-0.2, 0) is 11.2 Å². The third-order valence-electron chi connectivity index (χ3n) is 5.24. The molecule has 28 heavy (non-hydrogen) atoms. The van der Waals surface area contributed by atoms with Crippen molar-refractivity contribution in [3.8, 4) is 11.5 Å². The summed E-state index contributed by atoms with van der Waals surface area (Å²) in [6, 6.07) is 11.9. The van der Waals surface area contributed by atoms with Crippen LogP contribution in [0.15, 0.2) is 42.6 Å². The highest BCUT2D eigenvalue weighted by Crippen LogP contribution is 2.35. The number of hydrogen-bond donors (Lipinski definition) is 1. The quantitative estimate of drug-likeness (QED) is 0.750. The van der Waals surface area contributed by atoms with E-state index in [0.29, 0.717) is 31.1 Å². The summed E-state index contributed by atoms with van der Waals surface area (Å²) in [7, 11) is 1.63. The third kappa shape index (κ3) is 4.81. The Labute approximate surface area is 166 Å². The highest BCUT2D eigenvalue weighted by molar-refractivity contribution is 5.70. The number of pyridine rings is 1. The van der Waals surface area contributed by atoms with Crippen LogP contribution in [0.4, 0.5) is 0 Å². The topological polar surface area (TPSA) is 71.9 Å². The van der Waals surface area contributed by atoms with Crippen LogP contribution >= 0.6 is 0 Å². The number of methoxy groups -OCH3 is 1. The van der Waals surface area contributed by atoms with E-state index in [-0.39, 0.29) is 12.0 Å². The van der Waals surface area contributed by atoms with E-state index in [4.69, 9.17) is 9.47 Å². The van der Waals surface area contributed by atoms with E-state index in [1.54, 1.807) is 13.3 Å². The Morgan fingerprint density at radius 1 is 1.32 bits per heavy atom. The number of carboxylic acids is 1. The smallest absolute Gasteiger partial charge is 0.307 e. The number of carboxylic acid groups (broad SMARTS) is 1. The first kappa shape index (κ1) is 20.1. The lowest BCUT2D eigenvalue weighted by atomic mass is 9.92. The second-order valence-corrected chi connectivity index (χ2v) is 7.06. The van der Waals surface area contributed by atoms with Gasteiger partial charge >= 0.3 is 5.97 Å². The zero-order valence-electron chi connectivity index (χ0n) is 16.5. The first-order valence-corrected chi connectivity index (χ1v) is 9.79. The summed E-state index contributed by atoms with van der Waals surface area (Å²) in [5, 5.41) is 9.50. The van der Waals surface area contributed by atoms with Crippen molar-refractivity contribution in [1.82, 2.24) is 9.88 Å². The minimum absolute atomic E-state index is 0.0298. The van der Waals surface area contributed by atoms with Crippen LogP contribution in [0.1, 0.15) is 37.1 Å². The molecule has 6 nitrogen and oxygen atoms in total. The van der Waals surface area contributed by atoms with Crippen molar-refractivity contribution < 1.29 is 19.4 Å². The molecule has 0 spiro atoms. The molecule has 1 saturated heterocycles. The number of ether oxygens (including phenoxy) is 2. The third-order valence-corrected chi connectivity index (χ3v) is 5.24. The molecule has 6 heteroatoms. The molecule has 1 aliphatic rings. The fourth-order valence-electron chi connectivity index (χ4n) is 3.83. The second kappa shape index (κ2) is 9.55. The highest BCUT2D eigenvalue weighted by Gasteiger charge is 2.31. The Morgan fingerprint density at radius 3 is 2.86 bits per heavy atom. The predicted octanol–water partition coefficient (Wildman–Crippen LogP) is 3.57. The van der Waals surface area contributed by atoms with E-state index in [9.17, 15) is 9.90 Å². The summed E-state index contributed by atoms with van der Waals surface area (Å²) in [5.41, 5.74) is 2.07. The molecular weight excluding hydrogens is 356 g/mol. The minimum Gasteiger partial charge on any atom is -0.493 e. The SMILES string of the molecule is CCOc1cc(C(Cc2ccccn2)N2CCCC(C(=O)O)C2)ccc1OC. The predicted molar refractivity (Wildman–Crippen MR) is 107 cm³/mol. The molecule has 1 N–H and O–H groups in total. The molecule has 3 rings (SSSR count). The van der Waals surface area contributed by atoms with Crippen molar-refractivity contribution in [1.29, 1.82) is 0 Å². The van der Waals surface area contributed by atoms with Gasteiger partial charge in [0, 0.05) is 30.9 Å². The number of hydrogen-bond acceptors (Lipinski definition) is 5. The van der Waals surface area contributed by atoms with Crippen molar-refractivity contribution in [2.45, 2.75) is 32.2 Å². The van der Waals surface area contributed by atoms with Gasteiger partial charge in [-0.25, -0.2) is 0 Å². The number of nitrogens with zero attached hydrogens (tertiary/aromatic N) is 2. The lowest BCUT2D eigenvalue weighted by Gasteiger charge is -2.37. The first-order chi connectivity index (χ1) is 13.6. The second-order valence-electron chi connectivity index (χ2n) is 7.06. The van der Waals surface area contributed by atoms with Gasteiger partial charge in [-0.2, -0.15) is 0 Å². The molecule has 0 amide bonds.